The number of rotatable bonds is 2. The van der Waals surface area contributed by atoms with Crippen molar-refractivity contribution >= 4 is 0 Å². The lowest BCUT2D eigenvalue weighted by atomic mass is 9.83. The standard InChI is InChI=1S/C29H29N2/c1-18-7-10-21(11-8-18)22-12-14-27(31(6)17-22)24-16-25-23-13-9-20(3)30-28(23)29(4,5)26(25)15-19(24)2/h7-17H,1-6H3/q+1/i4D3,5D3. The maximum atomic E-state index is 8.43. The van der Waals surface area contributed by atoms with Crippen molar-refractivity contribution in [2.24, 2.45) is 7.05 Å². The zero-order valence-corrected chi connectivity index (χ0v) is 18.2. The molecule has 0 fully saturated rings. The van der Waals surface area contributed by atoms with Crippen molar-refractivity contribution in [2.45, 2.75) is 39.9 Å². The van der Waals surface area contributed by atoms with Crippen molar-refractivity contribution in [2.75, 3.05) is 0 Å². The molecule has 2 aromatic carbocycles. The highest BCUT2D eigenvalue weighted by atomic mass is 14.9. The van der Waals surface area contributed by atoms with Crippen LogP contribution in [0, 0.1) is 20.8 Å². The minimum atomic E-state index is -2.83. The summed E-state index contributed by atoms with van der Waals surface area (Å²) in [5, 5.41) is 0. The van der Waals surface area contributed by atoms with Crippen molar-refractivity contribution < 1.29 is 12.8 Å². The van der Waals surface area contributed by atoms with E-state index in [1.54, 1.807) is 25.1 Å². The molecule has 0 saturated heterocycles. The van der Waals surface area contributed by atoms with Gasteiger partial charge >= 0.3 is 0 Å². The van der Waals surface area contributed by atoms with E-state index in [0.717, 1.165) is 27.9 Å². The third-order valence-corrected chi connectivity index (χ3v) is 6.24. The van der Waals surface area contributed by atoms with Gasteiger partial charge in [-0.1, -0.05) is 55.7 Å². The molecule has 1 aliphatic carbocycles. The summed E-state index contributed by atoms with van der Waals surface area (Å²) in [6, 6.07) is 19.8. The van der Waals surface area contributed by atoms with Crippen LogP contribution in [-0.4, -0.2) is 4.98 Å². The Kier molecular flexibility index (Phi) is 3.09. The maximum absolute atomic E-state index is 8.43. The van der Waals surface area contributed by atoms with Crippen LogP contribution in [0.25, 0.3) is 33.5 Å². The first-order chi connectivity index (χ1) is 17.3. The summed E-state index contributed by atoms with van der Waals surface area (Å²) in [6.45, 7) is 0.0562. The molecule has 2 aromatic heterocycles. The van der Waals surface area contributed by atoms with Crippen LogP contribution in [0.15, 0.2) is 66.9 Å². The molecule has 4 aromatic rings. The van der Waals surface area contributed by atoms with Crippen LogP contribution in [0.5, 0.6) is 0 Å². The molecule has 0 atom stereocenters. The van der Waals surface area contributed by atoms with Crippen LogP contribution in [0.3, 0.4) is 0 Å². The predicted molar refractivity (Wildman–Crippen MR) is 128 cm³/mol. The molecular formula is C29H29N2+. The van der Waals surface area contributed by atoms with E-state index in [0.29, 0.717) is 22.4 Å². The van der Waals surface area contributed by atoms with Gasteiger partial charge in [-0.05, 0) is 61.2 Å². The molecule has 31 heavy (non-hydrogen) atoms. The molecule has 0 aliphatic heterocycles. The van der Waals surface area contributed by atoms with Crippen LogP contribution in [0.2, 0.25) is 0 Å². The number of hydrogen-bond donors (Lipinski definition) is 0. The van der Waals surface area contributed by atoms with Crippen molar-refractivity contribution in [3.63, 3.8) is 0 Å². The first-order valence-electron chi connectivity index (χ1n) is 13.5. The summed E-state index contributed by atoms with van der Waals surface area (Å²) >= 11 is 0. The second kappa shape index (κ2) is 6.88. The molecule has 2 heteroatoms. The molecule has 0 N–H and O–H groups in total. The Morgan fingerprint density at radius 3 is 2.26 bits per heavy atom. The van der Waals surface area contributed by atoms with Crippen LogP contribution in [-0.2, 0) is 12.5 Å². The number of fused-ring (bicyclic) bond motifs is 3. The zero-order chi connectivity index (χ0) is 26.9. The fourth-order valence-corrected chi connectivity index (χ4v) is 4.51. The van der Waals surface area contributed by atoms with E-state index in [1.165, 1.54) is 5.56 Å². The summed E-state index contributed by atoms with van der Waals surface area (Å²) in [6.07, 6.45) is 2.07. The highest BCUT2D eigenvalue weighted by Gasteiger charge is 2.38. The molecule has 2 heterocycles. The van der Waals surface area contributed by atoms with E-state index < -0.39 is 19.1 Å². The smallest absolute Gasteiger partial charge is 0.212 e. The minimum absolute atomic E-state index is 0.109. The van der Waals surface area contributed by atoms with Crippen molar-refractivity contribution in [3.8, 4) is 33.5 Å². The fraction of sp³-hybridized carbons (Fsp3) is 0.241. The Bertz CT molecular complexity index is 1520. The molecule has 154 valence electrons. The van der Waals surface area contributed by atoms with Gasteiger partial charge < -0.3 is 0 Å². The molecule has 0 unspecified atom stereocenters. The van der Waals surface area contributed by atoms with Gasteiger partial charge in [-0.3, -0.25) is 4.98 Å². The second-order valence-corrected chi connectivity index (χ2v) is 8.59. The summed E-state index contributed by atoms with van der Waals surface area (Å²) in [4.78, 5) is 4.53. The Labute approximate surface area is 193 Å². The molecule has 1 aliphatic rings. The van der Waals surface area contributed by atoms with Crippen molar-refractivity contribution in [1.29, 1.82) is 0 Å². The monoisotopic (exact) mass is 411 g/mol. The molecule has 0 amide bonds. The number of aromatic nitrogens is 2. The van der Waals surface area contributed by atoms with Gasteiger partial charge in [0.25, 0.3) is 0 Å². The molecule has 0 saturated carbocycles. The van der Waals surface area contributed by atoms with Crippen molar-refractivity contribution in [1.82, 2.24) is 4.98 Å². The average molecular weight is 412 g/mol. The van der Waals surface area contributed by atoms with E-state index in [1.807, 2.05) is 30.7 Å². The predicted octanol–water partition coefficient (Wildman–Crippen LogP) is 6.47. The largest absolute Gasteiger partial charge is 0.257 e. The van der Waals surface area contributed by atoms with Crippen LogP contribution in [0.1, 0.15) is 50.0 Å². The highest BCUT2D eigenvalue weighted by molar-refractivity contribution is 5.84. The normalized spacial score (nSPS) is 17.4. The van der Waals surface area contributed by atoms with Gasteiger partial charge in [-0.2, -0.15) is 0 Å². The van der Waals surface area contributed by atoms with Crippen molar-refractivity contribution in [3.05, 3.63) is 94.9 Å². The number of nitrogens with zero attached hydrogens (tertiary/aromatic N) is 2. The molecule has 5 rings (SSSR count). The third kappa shape index (κ3) is 3.09. The van der Waals surface area contributed by atoms with Gasteiger partial charge in [0, 0.05) is 42.1 Å². The molecular weight excluding hydrogens is 376 g/mol. The van der Waals surface area contributed by atoms with Gasteiger partial charge in [0.2, 0.25) is 5.69 Å². The summed E-state index contributed by atoms with van der Waals surface area (Å²) < 4.78 is 52.7. The zero-order valence-electron chi connectivity index (χ0n) is 24.2. The lowest BCUT2D eigenvalue weighted by Gasteiger charge is -2.21. The van der Waals surface area contributed by atoms with E-state index in [9.17, 15) is 0 Å². The van der Waals surface area contributed by atoms with E-state index in [-0.39, 0.29) is 5.69 Å². The van der Waals surface area contributed by atoms with Gasteiger partial charge in [-0.15, -0.1) is 0 Å². The van der Waals surface area contributed by atoms with E-state index in [2.05, 4.69) is 48.4 Å². The number of aryl methyl sites for hydroxylation is 4. The average Bonchev–Trinajstić information content (AvgIpc) is 3.08. The molecule has 0 bridgehead atoms. The van der Waals surface area contributed by atoms with Gasteiger partial charge in [-0.25, -0.2) is 4.57 Å². The SMILES string of the molecule is [2H]C([2H])([2H])C1(C([2H])([2H])[2H])c2cc(C)c(-c3ccc(-c4ccc(C)cc4)c[n+]3C)cc2-c2ccc(C)nc21. The Hall–Kier alpha value is -3.26. The first kappa shape index (κ1) is 13.9. The molecule has 2 nitrogen and oxygen atoms in total. The van der Waals surface area contributed by atoms with E-state index >= 15 is 0 Å². The lowest BCUT2D eigenvalue weighted by Crippen LogP contribution is -2.31. The topological polar surface area (TPSA) is 16.8 Å². The Morgan fingerprint density at radius 1 is 0.806 bits per heavy atom. The fourth-order valence-electron chi connectivity index (χ4n) is 4.51. The Morgan fingerprint density at radius 2 is 1.55 bits per heavy atom. The van der Waals surface area contributed by atoms with Gasteiger partial charge in [0.15, 0.2) is 6.20 Å². The van der Waals surface area contributed by atoms with Crippen LogP contribution in [0.4, 0.5) is 0 Å². The van der Waals surface area contributed by atoms with E-state index in [4.69, 9.17) is 8.22 Å². The second-order valence-electron chi connectivity index (χ2n) is 8.59. The number of benzene rings is 2. The molecule has 0 spiro atoms. The summed E-state index contributed by atoms with van der Waals surface area (Å²) in [5.74, 6) is 0. The lowest BCUT2D eigenvalue weighted by molar-refractivity contribution is -0.659. The number of pyridine rings is 2. The summed E-state index contributed by atoms with van der Waals surface area (Å²) in [7, 11) is 1.98. The van der Waals surface area contributed by atoms with Crippen LogP contribution < -0.4 is 4.57 Å². The van der Waals surface area contributed by atoms with Gasteiger partial charge in [0.1, 0.15) is 7.05 Å². The summed E-state index contributed by atoms with van der Waals surface area (Å²) in [5.41, 5.74) is 6.02. The maximum Gasteiger partial charge on any atom is 0.212 e. The first-order valence-corrected chi connectivity index (χ1v) is 10.5. The van der Waals surface area contributed by atoms with Crippen LogP contribution >= 0.6 is 0 Å². The quantitative estimate of drug-likeness (QED) is 0.345. The van der Waals surface area contributed by atoms with Gasteiger partial charge in [0.05, 0.1) is 5.69 Å². The highest BCUT2D eigenvalue weighted by Crippen LogP contribution is 2.49. The number of hydrogen-bond acceptors (Lipinski definition) is 1. The third-order valence-electron chi connectivity index (χ3n) is 6.24. The molecule has 0 radical (unpaired) electrons. The Balaban J connectivity index is 1.74. The minimum Gasteiger partial charge on any atom is -0.257 e.